The van der Waals surface area contributed by atoms with E-state index >= 15 is 0 Å². The van der Waals surface area contributed by atoms with Gasteiger partial charge in [0.25, 0.3) is 0 Å². The molecule has 2 aliphatic rings. The summed E-state index contributed by atoms with van der Waals surface area (Å²) in [5, 5.41) is 0. The lowest BCUT2D eigenvalue weighted by Gasteiger charge is -2.35. The lowest BCUT2D eigenvalue weighted by Crippen LogP contribution is -2.45. The van der Waals surface area contributed by atoms with E-state index in [1.807, 2.05) is 35.0 Å². The fraction of sp³-hybridized carbons (Fsp3) is 0.500. The molecule has 5 heteroatoms. The van der Waals surface area contributed by atoms with Crippen LogP contribution in [0.2, 0.25) is 0 Å². The summed E-state index contributed by atoms with van der Waals surface area (Å²) < 4.78 is 16.3. The SMILES string of the molecule is Cn1ccnc1C[C@H]1CCCN(C(=O)C2(c3ccccc3F)CC2)C1. The minimum atomic E-state index is -0.615. The van der Waals surface area contributed by atoms with Gasteiger partial charge in [-0.3, -0.25) is 4.79 Å². The number of imidazole rings is 1. The van der Waals surface area contributed by atoms with Crippen molar-refractivity contribution >= 4 is 5.91 Å². The van der Waals surface area contributed by atoms with Crippen LogP contribution in [0.1, 0.15) is 37.1 Å². The molecule has 2 fully saturated rings. The first-order valence-corrected chi connectivity index (χ1v) is 9.11. The normalized spacial score (nSPS) is 22.0. The Morgan fingerprint density at radius 3 is 2.84 bits per heavy atom. The van der Waals surface area contributed by atoms with Gasteiger partial charge >= 0.3 is 0 Å². The lowest BCUT2D eigenvalue weighted by atomic mass is 9.90. The molecule has 4 rings (SSSR count). The van der Waals surface area contributed by atoms with E-state index in [1.54, 1.807) is 12.1 Å². The van der Waals surface area contributed by atoms with Crippen molar-refractivity contribution in [1.82, 2.24) is 14.5 Å². The van der Waals surface area contributed by atoms with Gasteiger partial charge in [0.15, 0.2) is 0 Å². The Labute approximate surface area is 147 Å². The van der Waals surface area contributed by atoms with E-state index in [2.05, 4.69) is 4.98 Å². The lowest BCUT2D eigenvalue weighted by molar-refractivity contribution is -0.135. The van der Waals surface area contributed by atoms with Gasteiger partial charge in [-0.05, 0) is 37.7 Å². The smallest absolute Gasteiger partial charge is 0.233 e. The van der Waals surface area contributed by atoms with Crippen LogP contribution in [0.5, 0.6) is 0 Å². The number of hydrogen-bond donors (Lipinski definition) is 0. The average molecular weight is 341 g/mol. The molecule has 1 saturated heterocycles. The molecule has 1 amide bonds. The highest BCUT2D eigenvalue weighted by atomic mass is 19.1. The highest BCUT2D eigenvalue weighted by Crippen LogP contribution is 2.50. The number of benzene rings is 1. The molecule has 0 N–H and O–H groups in total. The number of nitrogens with zero attached hydrogens (tertiary/aromatic N) is 3. The van der Waals surface area contributed by atoms with Gasteiger partial charge in [-0.25, -0.2) is 9.37 Å². The molecule has 2 heterocycles. The molecule has 4 nitrogen and oxygen atoms in total. The Bertz CT molecular complexity index is 781. The quantitative estimate of drug-likeness (QED) is 0.857. The maximum absolute atomic E-state index is 14.2. The number of piperidine rings is 1. The van der Waals surface area contributed by atoms with E-state index in [0.717, 1.165) is 51.0 Å². The van der Waals surface area contributed by atoms with Crippen LogP contribution in [0.15, 0.2) is 36.7 Å². The van der Waals surface area contributed by atoms with Crippen LogP contribution in [0.4, 0.5) is 4.39 Å². The summed E-state index contributed by atoms with van der Waals surface area (Å²) in [5.41, 5.74) is -0.0394. The van der Waals surface area contributed by atoms with Crippen molar-refractivity contribution in [2.24, 2.45) is 13.0 Å². The topological polar surface area (TPSA) is 38.1 Å². The molecule has 1 aromatic carbocycles. The third-order valence-electron chi connectivity index (χ3n) is 5.75. The number of amides is 1. The number of aryl methyl sites for hydroxylation is 1. The van der Waals surface area contributed by atoms with Crippen molar-refractivity contribution in [2.45, 2.75) is 37.5 Å². The van der Waals surface area contributed by atoms with Gasteiger partial charge in [0.2, 0.25) is 5.91 Å². The molecule has 1 aromatic heterocycles. The molecule has 0 bridgehead atoms. The number of likely N-dealkylation sites (tertiary alicyclic amines) is 1. The summed E-state index contributed by atoms with van der Waals surface area (Å²) in [5.74, 6) is 1.35. The predicted octanol–water partition coefficient (Wildman–Crippen LogP) is 3.07. The van der Waals surface area contributed by atoms with Crippen LogP contribution >= 0.6 is 0 Å². The van der Waals surface area contributed by atoms with E-state index in [0.29, 0.717) is 11.5 Å². The zero-order valence-electron chi connectivity index (χ0n) is 14.6. The zero-order chi connectivity index (χ0) is 17.4. The highest BCUT2D eigenvalue weighted by molar-refractivity contribution is 5.91. The van der Waals surface area contributed by atoms with Crippen LogP contribution in [0.3, 0.4) is 0 Å². The standard InChI is InChI=1S/C20H24FN3O/c1-23-12-10-22-18(23)13-15-5-4-11-24(14-15)19(25)20(8-9-20)16-6-2-3-7-17(16)21/h2-3,6-7,10,12,15H,4-5,8-9,11,13-14H2,1H3/t15-/m1/s1. The molecule has 0 radical (unpaired) electrons. The molecular formula is C20H24FN3O. The summed E-state index contributed by atoms with van der Waals surface area (Å²) in [6.07, 6.45) is 8.30. The van der Waals surface area contributed by atoms with Crippen LogP contribution < -0.4 is 0 Å². The van der Waals surface area contributed by atoms with Crippen molar-refractivity contribution in [2.75, 3.05) is 13.1 Å². The van der Waals surface area contributed by atoms with Crippen molar-refractivity contribution in [3.05, 3.63) is 53.9 Å². The average Bonchev–Trinajstić information content (AvgIpc) is 3.33. The van der Waals surface area contributed by atoms with E-state index < -0.39 is 5.41 Å². The van der Waals surface area contributed by atoms with Crippen LogP contribution in [-0.4, -0.2) is 33.4 Å². The minimum absolute atomic E-state index is 0.113. The van der Waals surface area contributed by atoms with Crippen LogP contribution in [0, 0.1) is 11.7 Å². The predicted molar refractivity (Wildman–Crippen MR) is 93.5 cm³/mol. The summed E-state index contributed by atoms with van der Waals surface area (Å²) in [6, 6.07) is 6.74. The van der Waals surface area contributed by atoms with Crippen molar-refractivity contribution in [1.29, 1.82) is 0 Å². The largest absolute Gasteiger partial charge is 0.342 e. The van der Waals surface area contributed by atoms with Gasteiger partial charge in [0.05, 0.1) is 5.41 Å². The van der Waals surface area contributed by atoms with Gasteiger partial charge in [0.1, 0.15) is 11.6 Å². The third-order valence-corrected chi connectivity index (χ3v) is 5.75. The van der Waals surface area contributed by atoms with Gasteiger partial charge in [-0.2, -0.15) is 0 Å². The first-order valence-electron chi connectivity index (χ1n) is 9.11. The molecule has 2 aromatic rings. The Balaban J connectivity index is 1.49. The fourth-order valence-electron chi connectivity index (χ4n) is 4.14. The monoisotopic (exact) mass is 341 g/mol. The molecule has 25 heavy (non-hydrogen) atoms. The highest BCUT2D eigenvalue weighted by Gasteiger charge is 2.54. The Kier molecular flexibility index (Phi) is 4.10. The zero-order valence-corrected chi connectivity index (χ0v) is 14.6. The molecule has 0 spiro atoms. The number of rotatable bonds is 4. The second-order valence-electron chi connectivity index (χ2n) is 7.48. The van der Waals surface area contributed by atoms with Crippen LogP contribution in [0.25, 0.3) is 0 Å². The summed E-state index contributed by atoms with van der Waals surface area (Å²) in [4.78, 5) is 19.6. The Hall–Kier alpha value is -2.17. The second kappa shape index (κ2) is 6.28. The first-order chi connectivity index (χ1) is 12.1. The maximum atomic E-state index is 14.2. The van der Waals surface area contributed by atoms with Gasteiger partial charge in [-0.1, -0.05) is 18.2 Å². The first kappa shape index (κ1) is 16.3. The molecule has 1 aliphatic carbocycles. The van der Waals surface area contributed by atoms with E-state index in [1.165, 1.54) is 6.07 Å². The molecule has 0 unspecified atom stereocenters. The summed E-state index contributed by atoms with van der Waals surface area (Å²) in [7, 11) is 2.01. The number of carbonyl (C=O) groups is 1. The maximum Gasteiger partial charge on any atom is 0.233 e. The summed E-state index contributed by atoms with van der Waals surface area (Å²) >= 11 is 0. The van der Waals surface area contributed by atoms with Gasteiger partial charge < -0.3 is 9.47 Å². The fourth-order valence-corrected chi connectivity index (χ4v) is 4.14. The number of carbonyl (C=O) groups excluding carboxylic acids is 1. The van der Waals surface area contributed by atoms with Crippen molar-refractivity contribution in [3.63, 3.8) is 0 Å². The van der Waals surface area contributed by atoms with E-state index in [-0.39, 0.29) is 11.7 Å². The molecular weight excluding hydrogens is 317 g/mol. The van der Waals surface area contributed by atoms with Gasteiger partial charge in [0, 0.05) is 44.5 Å². The van der Waals surface area contributed by atoms with Crippen molar-refractivity contribution in [3.8, 4) is 0 Å². The molecule has 132 valence electrons. The Morgan fingerprint density at radius 2 is 2.16 bits per heavy atom. The molecule has 1 atom stereocenters. The Morgan fingerprint density at radius 1 is 1.36 bits per heavy atom. The van der Waals surface area contributed by atoms with Gasteiger partial charge in [-0.15, -0.1) is 0 Å². The number of hydrogen-bond acceptors (Lipinski definition) is 2. The molecule has 1 aliphatic heterocycles. The minimum Gasteiger partial charge on any atom is -0.342 e. The number of aromatic nitrogens is 2. The van der Waals surface area contributed by atoms with Crippen LogP contribution in [-0.2, 0) is 23.7 Å². The summed E-state index contributed by atoms with van der Waals surface area (Å²) in [6.45, 7) is 1.54. The van der Waals surface area contributed by atoms with Crippen molar-refractivity contribution < 1.29 is 9.18 Å². The third kappa shape index (κ3) is 2.96. The molecule has 1 saturated carbocycles. The number of halogens is 1. The van der Waals surface area contributed by atoms with E-state index in [9.17, 15) is 9.18 Å². The van der Waals surface area contributed by atoms with E-state index in [4.69, 9.17) is 0 Å². The second-order valence-corrected chi connectivity index (χ2v) is 7.48.